The molecule has 1 saturated heterocycles. The largest absolute Gasteiger partial charge is 0.381 e. The van der Waals surface area contributed by atoms with Crippen molar-refractivity contribution in [2.45, 2.75) is 25.2 Å². The van der Waals surface area contributed by atoms with Gasteiger partial charge in [0.1, 0.15) is 0 Å². The lowest BCUT2D eigenvalue weighted by molar-refractivity contribution is 0.0773. The number of rotatable bonds is 3. The van der Waals surface area contributed by atoms with E-state index in [0.717, 1.165) is 30.8 Å². The van der Waals surface area contributed by atoms with Crippen LogP contribution in [0, 0.1) is 11.3 Å². The lowest BCUT2D eigenvalue weighted by atomic mass is 10.0. The molecule has 1 unspecified atom stereocenters. The molecule has 0 aliphatic carbocycles. The van der Waals surface area contributed by atoms with Gasteiger partial charge in [-0.15, -0.1) is 0 Å². The van der Waals surface area contributed by atoms with E-state index in [4.69, 9.17) is 14.5 Å². The third-order valence-corrected chi connectivity index (χ3v) is 3.45. The lowest BCUT2D eigenvalue weighted by Crippen LogP contribution is -2.16. The predicted octanol–water partition coefficient (Wildman–Crippen LogP) is 2.43. The Hall–Kier alpha value is -2.19. The first-order valence-corrected chi connectivity index (χ1v) is 6.74. The van der Waals surface area contributed by atoms with Gasteiger partial charge in [-0.05, 0) is 30.5 Å². The number of hydrogen-bond donors (Lipinski definition) is 0. The van der Waals surface area contributed by atoms with Crippen LogP contribution in [0.2, 0.25) is 0 Å². The van der Waals surface area contributed by atoms with Crippen molar-refractivity contribution in [2.75, 3.05) is 13.2 Å². The van der Waals surface area contributed by atoms with Crippen LogP contribution < -0.4 is 0 Å². The molecule has 0 N–H and O–H groups in total. The smallest absolute Gasteiger partial charge is 0.231 e. The molecule has 3 rings (SSSR count). The molecule has 1 aromatic carbocycles. The molecule has 1 aliphatic heterocycles. The first kappa shape index (κ1) is 12.8. The van der Waals surface area contributed by atoms with Crippen LogP contribution in [0.5, 0.6) is 0 Å². The third kappa shape index (κ3) is 2.86. The number of aromatic nitrogens is 2. The Morgan fingerprint density at radius 2 is 2.15 bits per heavy atom. The van der Waals surface area contributed by atoms with Gasteiger partial charge in [-0.1, -0.05) is 17.3 Å². The van der Waals surface area contributed by atoms with Crippen LogP contribution in [0.15, 0.2) is 28.8 Å². The van der Waals surface area contributed by atoms with E-state index in [2.05, 4.69) is 16.2 Å². The number of benzene rings is 1. The summed E-state index contributed by atoms with van der Waals surface area (Å²) < 4.78 is 10.7. The molecule has 0 bridgehead atoms. The Morgan fingerprint density at radius 3 is 2.85 bits per heavy atom. The van der Waals surface area contributed by atoms with Crippen molar-refractivity contribution in [3.8, 4) is 6.07 Å². The van der Waals surface area contributed by atoms with Gasteiger partial charge in [0.25, 0.3) is 0 Å². The molecule has 0 amide bonds. The zero-order valence-corrected chi connectivity index (χ0v) is 11.1. The van der Waals surface area contributed by atoms with Crippen LogP contribution in [0.1, 0.15) is 41.6 Å². The topological polar surface area (TPSA) is 71.9 Å². The normalized spacial score (nSPS) is 18.6. The molecule has 0 saturated carbocycles. The zero-order chi connectivity index (χ0) is 13.8. The Morgan fingerprint density at radius 1 is 1.30 bits per heavy atom. The second-order valence-electron chi connectivity index (χ2n) is 4.95. The minimum absolute atomic E-state index is 0.252. The fourth-order valence-electron chi connectivity index (χ4n) is 2.32. The Kier molecular flexibility index (Phi) is 3.75. The molecule has 2 aromatic rings. The summed E-state index contributed by atoms with van der Waals surface area (Å²) in [7, 11) is 0. The highest BCUT2D eigenvalue weighted by molar-refractivity contribution is 5.32. The van der Waals surface area contributed by atoms with Gasteiger partial charge >= 0.3 is 0 Å². The van der Waals surface area contributed by atoms with Gasteiger partial charge in [0, 0.05) is 12.5 Å². The minimum atomic E-state index is 0.252. The molecular weight excluding hydrogens is 254 g/mol. The molecule has 102 valence electrons. The van der Waals surface area contributed by atoms with Gasteiger partial charge in [-0.3, -0.25) is 0 Å². The maximum absolute atomic E-state index is 8.76. The van der Waals surface area contributed by atoms with Gasteiger partial charge in [0.2, 0.25) is 5.89 Å². The maximum atomic E-state index is 8.76. The number of ether oxygens (including phenoxy) is 1. The predicted molar refractivity (Wildman–Crippen MR) is 71.1 cm³/mol. The average molecular weight is 269 g/mol. The highest BCUT2D eigenvalue weighted by atomic mass is 16.5. The minimum Gasteiger partial charge on any atom is -0.381 e. The molecule has 1 aliphatic rings. The van der Waals surface area contributed by atoms with Gasteiger partial charge in [0.15, 0.2) is 5.82 Å². The average Bonchev–Trinajstić information content (AvgIpc) is 2.97. The lowest BCUT2D eigenvalue weighted by Gasteiger charge is -2.18. The van der Waals surface area contributed by atoms with Crippen LogP contribution in [-0.2, 0) is 11.2 Å². The van der Waals surface area contributed by atoms with E-state index in [1.165, 1.54) is 0 Å². The fourth-order valence-corrected chi connectivity index (χ4v) is 2.32. The van der Waals surface area contributed by atoms with Crippen molar-refractivity contribution in [2.24, 2.45) is 0 Å². The van der Waals surface area contributed by atoms with E-state index >= 15 is 0 Å². The number of nitriles is 1. The first-order chi connectivity index (χ1) is 9.85. The van der Waals surface area contributed by atoms with Crippen molar-refractivity contribution < 1.29 is 9.26 Å². The first-order valence-electron chi connectivity index (χ1n) is 6.74. The summed E-state index contributed by atoms with van der Waals surface area (Å²) >= 11 is 0. The summed E-state index contributed by atoms with van der Waals surface area (Å²) in [5, 5.41) is 12.8. The molecule has 0 radical (unpaired) electrons. The van der Waals surface area contributed by atoms with E-state index in [0.29, 0.717) is 24.5 Å². The van der Waals surface area contributed by atoms with Crippen molar-refractivity contribution in [1.82, 2.24) is 10.1 Å². The standard InChI is InChI=1S/C15H15N3O2/c16-9-12-5-3-11(4-6-12)8-14-17-15(18-20-14)13-2-1-7-19-10-13/h3-6,13H,1-2,7-8,10H2. The summed E-state index contributed by atoms with van der Waals surface area (Å²) in [5.41, 5.74) is 1.71. The fraction of sp³-hybridized carbons (Fsp3) is 0.400. The maximum Gasteiger partial charge on any atom is 0.231 e. The SMILES string of the molecule is N#Cc1ccc(Cc2nc(C3CCCOC3)no2)cc1. The van der Waals surface area contributed by atoms with Crippen molar-refractivity contribution in [1.29, 1.82) is 5.26 Å². The van der Waals surface area contributed by atoms with Crippen LogP contribution in [0.25, 0.3) is 0 Å². The summed E-state index contributed by atoms with van der Waals surface area (Å²) in [6.07, 6.45) is 2.69. The molecule has 1 atom stereocenters. The Balaban J connectivity index is 1.68. The molecule has 1 aromatic heterocycles. The Bertz CT molecular complexity index is 607. The van der Waals surface area contributed by atoms with E-state index in [1.54, 1.807) is 12.1 Å². The molecule has 5 nitrogen and oxygen atoms in total. The van der Waals surface area contributed by atoms with Crippen molar-refractivity contribution in [3.63, 3.8) is 0 Å². The number of hydrogen-bond acceptors (Lipinski definition) is 5. The summed E-state index contributed by atoms with van der Waals surface area (Å²) in [6, 6.07) is 9.50. The number of nitrogens with zero attached hydrogens (tertiary/aromatic N) is 3. The van der Waals surface area contributed by atoms with Gasteiger partial charge in [-0.2, -0.15) is 10.2 Å². The van der Waals surface area contributed by atoms with Crippen LogP contribution in [0.4, 0.5) is 0 Å². The van der Waals surface area contributed by atoms with Crippen LogP contribution >= 0.6 is 0 Å². The monoisotopic (exact) mass is 269 g/mol. The third-order valence-electron chi connectivity index (χ3n) is 3.45. The van der Waals surface area contributed by atoms with E-state index < -0.39 is 0 Å². The van der Waals surface area contributed by atoms with E-state index in [-0.39, 0.29) is 5.92 Å². The molecule has 0 spiro atoms. The highest BCUT2D eigenvalue weighted by Gasteiger charge is 2.21. The molecule has 20 heavy (non-hydrogen) atoms. The molecule has 2 heterocycles. The van der Waals surface area contributed by atoms with Crippen molar-refractivity contribution >= 4 is 0 Å². The van der Waals surface area contributed by atoms with E-state index in [9.17, 15) is 0 Å². The van der Waals surface area contributed by atoms with Crippen LogP contribution in [0.3, 0.4) is 0 Å². The molecule has 5 heteroatoms. The van der Waals surface area contributed by atoms with Gasteiger partial charge in [0.05, 0.1) is 24.7 Å². The quantitative estimate of drug-likeness (QED) is 0.855. The molecule has 1 fully saturated rings. The second-order valence-corrected chi connectivity index (χ2v) is 4.95. The van der Waals surface area contributed by atoms with Crippen molar-refractivity contribution in [3.05, 3.63) is 47.1 Å². The van der Waals surface area contributed by atoms with Gasteiger partial charge < -0.3 is 9.26 Å². The Labute approximate surface area is 117 Å². The summed E-state index contributed by atoms with van der Waals surface area (Å²) in [4.78, 5) is 4.45. The molecular formula is C15H15N3O2. The van der Waals surface area contributed by atoms with Gasteiger partial charge in [-0.25, -0.2) is 0 Å². The van der Waals surface area contributed by atoms with Crippen LogP contribution in [-0.4, -0.2) is 23.4 Å². The highest BCUT2D eigenvalue weighted by Crippen LogP contribution is 2.23. The summed E-state index contributed by atoms with van der Waals surface area (Å²) in [6.45, 7) is 1.50. The zero-order valence-electron chi connectivity index (χ0n) is 11.1. The summed E-state index contributed by atoms with van der Waals surface area (Å²) in [5.74, 6) is 1.60. The van der Waals surface area contributed by atoms with E-state index in [1.807, 2.05) is 12.1 Å². The second kappa shape index (κ2) is 5.85.